The molecule has 0 aliphatic carbocycles. The van der Waals surface area contributed by atoms with Crippen molar-refractivity contribution in [3.8, 4) is 0 Å². The Morgan fingerprint density at radius 3 is 2.45 bits per heavy atom. The van der Waals surface area contributed by atoms with Gasteiger partial charge in [0.1, 0.15) is 6.04 Å². The first-order valence-electron chi connectivity index (χ1n) is 8.27. The molecule has 0 saturated carbocycles. The molecule has 116 valence electrons. The zero-order valence-electron chi connectivity index (χ0n) is 13.1. The summed E-state index contributed by atoms with van der Waals surface area (Å²) in [6.07, 6.45) is 9.47. The third-order valence-corrected chi connectivity index (χ3v) is 3.91. The van der Waals surface area contributed by atoms with Crippen LogP contribution in [0.15, 0.2) is 0 Å². The molecule has 0 bridgehead atoms. The fourth-order valence-corrected chi connectivity index (χ4v) is 2.68. The van der Waals surface area contributed by atoms with Gasteiger partial charge >= 0.3 is 0 Å². The Kier molecular flexibility index (Phi) is 8.31. The summed E-state index contributed by atoms with van der Waals surface area (Å²) in [5.41, 5.74) is 0. The molecule has 0 radical (unpaired) electrons. The summed E-state index contributed by atoms with van der Waals surface area (Å²) < 4.78 is 0. The highest BCUT2D eigenvalue weighted by atomic mass is 16.2. The zero-order valence-corrected chi connectivity index (χ0v) is 13.1. The molecule has 1 fully saturated rings. The molecule has 1 rings (SSSR count). The molecule has 1 atom stereocenters. The van der Waals surface area contributed by atoms with Gasteiger partial charge in [0.2, 0.25) is 11.8 Å². The van der Waals surface area contributed by atoms with E-state index in [1.54, 1.807) is 0 Å². The minimum Gasteiger partial charge on any atom is -0.344 e. The molecule has 1 aliphatic heterocycles. The van der Waals surface area contributed by atoms with Gasteiger partial charge in [0.05, 0.1) is 0 Å². The van der Waals surface area contributed by atoms with E-state index in [1.165, 1.54) is 32.1 Å². The minimum atomic E-state index is -0.296. The molecule has 0 spiro atoms. The third kappa shape index (κ3) is 5.93. The summed E-state index contributed by atoms with van der Waals surface area (Å²) in [4.78, 5) is 25.9. The molecular weight excluding hydrogens is 252 g/mol. The Morgan fingerprint density at radius 1 is 1.05 bits per heavy atom. The van der Waals surface area contributed by atoms with Crippen LogP contribution < -0.4 is 5.32 Å². The molecule has 1 unspecified atom stereocenters. The number of hydrogen-bond donors (Lipinski definition) is 1. The smallest absolute Gasteiger partial charge is 0.245 e. The first-order valence-corrected chi connectivity index (χ1v) is 8.27. The fraction of sp³-hybridized carbons (Fsp3) is 0.875. The summed E-state index contributed by atoms with van der Waals surface area (Å²) in [7, 11) is 0. The maximum absolute atomic E-state index is 12.4. The summed E-state index contributed by atoms with van der Waals surface area (Å²) in [5.74, 6) is 0.133. The molecule has 0 aromatic heterocycles. The van der Waals surface area contributed by atoms with Crippen molar-refractivity contribution in [2.75, 3.05) is 13.1 Å². The Balaban J connectivity index is 2.34. The summed E-state index contributed by atoms with van der Waals surface area (Å²) in [6, 6.07) is -0.296. The number of amides is 2. The van der Waals surface area contributed by atoms with Gasteiger partial charge in [0.15, 0.2) is 0 Å². The predicted molar refractivity (Wildman–Crippen MR) is 81.4 cm³/mol. The van der Waals surface area contributed by atoms with Crippen LogP contribution >= 0.6 is 0 Å². The van der Waals surface area contributed by atoms with E-state index in [0.717, 1.165) is 25.8 Å². The first kappa shape index (κ1) is 17.0. The van der Waals surface area contributed by atoms with Crippen LogP contribution in [-0.4, -0.2) is 35.8 Å². The van der Waals surface area contributed by atoms with E-state index in [2.05, 4.69) is 12.2 Å². The van der Waals surface area contributed by atoms with E-state index in [1.807, 2.05) is 11.8 Å². The van der Waals surface area contributed by atoms with Gasteiger partial charge in [-0.1, -0.05) is 52.4 Å². The van der Waals surface area contributed by atoms with Crippen molar-refractivity contribution in [3.05, 3.63) is 0 Å². The second-order valence-corrected chi connectivity index (χ2v) is 5.75. The van der Waals surface area contributed by atoms with Crippen molar-refractivity contribution >= 4 is 11.8 Å². The number of nitrogens with zero attached hydrogens (tertiary/aromatic N) is 1. The molecule has 4 nitrogen and oxygen atoms in total. The van der Waals surface area contributed by atoms with Gasteiger partial charge in [0, 0.05) is 19.5 Å². The van der Waals surface area contributed by atoms with E-state index in [4.69, 9.17) is 0 Å². The van der Waals surface area contributed by atoms with Crippen LogP contribution in [0.5, 0.6) is 0 Å². The van der Waals surface area contributed by atoms with Crippen LogP contribution in [-0.2, 0) is 9.59 Å². The Hall–Kier alpha value is -1.06. The van der Waals surface area contributed by atoms with Crippen LogP contribution in [0.3, 0.4) is 0 Å². The summed E-state index contributed by atoms with van der Waals surface area (Å²) in [6.45, 7) is 5.65. The molecular formula is C16H30N2O2. The molecule has 1 saturated heterocycles. The van der Waals surface area contributed by atoms with Crippen LogP contribution in [0.25, 0.3) is 0 Å². The molecule has 4 heteroatoms. The summed E-state index contributed by atoms with van der Waals surface area (Å²) in [5, 5.41) is 2.85. The Bertz CT molecular complexity index is 305. The molecule has 2 amide bonds. The van der Waals surface area contributed by atoms with Gasteiger partial charge in [-0.2, -0.15) is 0 Å². The highest BCUT2D eigenvalue weighted by molar-refractivity contribution is 5.89. The second-order valence-electron chi connectivity index (χ2n) is 5.75. The third-order valence-electron chi connectivity index (χ3n) is 3.91. The highest BCUT2D eigenvalue weighted by Crippen LogP contribution is 2.11. The average Bonchev–Trinajstić information content (AvgIpc) is 2.56. The first-order chi connectivity index (χ1) is 9.69. The lowest BCUT2D eigenvalue weighted by Crippen LogP contribution is -2.44. The van der Waals surface area contributed by atoms with Crippen molar-refractivity contribution in [1.29, 1.82) is 0 Å². The van der Waals surface area contributed by atoms with Crippen molar-refractivity contribution in [1.82, 2.24) is 10.2 Å². The molecule has 1 N–H and O–H groups in total. The van der Waals surface area contributed by atoms with Crippen LogP contribution in [0.4, 0.5) is 0 Å². The van der Waals surface area contributed by atoms with Crippen molar-refractivity contribution < 1.29 is 9.59 Å². The largest absolute Gasteiger partial charge is 0.344 e. The minimum absolute atomic E-state index is 0.0160. The highest BCUT2D eigenvalue weighted by Gasteiger charge is 2.28. The van der Waals surface area contributed by atoms with Gasteiger partial charge in [-0.3, -0.25) is 9.59 Å². The van der Waals surface area contributed by atoms with Gasteiger partial charge in [0.25, 0.3) is 0 Å². The van der Waals surface area contributed by atoms with E-state index < -0.39 is 0 Å². The molecule has 0 aromatic carbocycles. The number of unbranched alkanes of at least 4 members (excludes halogenated alkanes) is 5. The van der Waals surface area contributed by atoms with Crippen molar-refractivity contribution in [3.63, 3.8) is 0 Å². The number of carbonyl (C=O) groups excluding carboxylic acids is 2. The quantitative estimate of drug-likeness (QED) is 0.661. The van der Waals surface area contributed by atoms with Gasteiger partial charge < -0.3 is 10.2 Å². The predicted octanol–water partition coefficient (Wildman–Crippen LogP) is 2.86. The maximum Gasteiger partial charge on any atom is 0.245 e. The fourth-order valence-electron chi connectivity index (χ4n) is 2.68. The van der Waals surface area contributed by atoms with Crippen LogP contribution in [0, 0.1) is 0 Å². The van der Waals surface area contributed by atoms with E-state index in [0.29, 0.717) is 13.0 Å². The molecule has 0 aromatic rings. The lowest BCUT2D eigenvalue weighted by Gasteiger charge is -2.23. The topological polar surface area (TPSA) is 49.4 Å². The lowest BCUT2D eigenvalue weighted by atomic mass is 10.1. The number of rotatable bonds is 9. The van der Waals surface area contributed by atoms with Gasteiger partial charge in [-0.05, 0) is 12.8 Å². The Labute approximate surface area is 123 Å². The summed E-state index contributed by atoms with van der Waals surface area (Å²) >= 11 is 0. The molecule has 1 aliphatic rings. The second kappa shape index (κ2) is 9.78. The van der Waals surface area contributed by atoms with Crippen molar-refractivity contribution in [2.24, 2.45) is 0 Å². The average molecular weight is 282 g/mol. The lowest BCUT2D eigenvalue weighted by molar-refractivity contribution is -0.133. The molecule has 1 heterocycles. The number of carbonyl (C=O) groups is 2. The van der Waals surface area contributed by atoms with Crippen molar-refractivity contribution in [2.45, 2.75) is 77.7 Å². The SMILES string of the molecule is CCCCCCCCN1CCC(=O)NC(CCC)C1=O. The van der Waals surface area contributed by atoms with E-state index in [-0.39, 0.29) is 17.9 Å². The molecule has 20 heavy (non-hydrogen) atoms. The van der Waals surface area contributed by atoms with Gasteiger partial charge in [-0.25, -0.2) is 0 Å². The van der Waals surface area contributed by atoms with E-state index >= 15 is 0 Å². The standard InChI is InChI=1S/C16H30N2O2/c1-3-5-6-7-8-9-12-18-13-11-15(19)17-14(10-4-2)16(18)20/h14H,3-13H2,1-2H3,(H,17,19). The Morgan fingerprint density at radius 2 is 1.75 bits per heavy atom. The monoisotopic (exact) mass is 282 g/mol. The van der Waals surface area contributed by atoms with Crippen LogP contribution in [0.2, 0.25) is 0 Å². The maximum atomic E-state index is 12.4. The normalized spacial score (nSPS) is 19.9. The zero-order chi connectivity index (χ0) is 14.8. The van der Waals surface area contributed by atoms with Crippen LogP contribution in [0.1, 0.15) is 71.6 Å². The number of nitrogens with one attached hydrogen (secondary N) is 1. The van der Waals surface area contributed by atoms with E-state index in [9.17, 15) is 9.59 Å². The van der Waals surface area contributed by atoms with Gasteiger partial charge in [-0.15, -0.1) is 0 Å². The number of hydrogen-bond acceptors (Lipinski definition) is 2.